The number of amides is 1. The van der Waals surface area contributed by atoms with Crippen molar-refractivity contribution >= 4 is 5.91 Å². The standard InChI is InChI=1S/C15H17N3O/c1-18(12-14-3-2-8-17-11-14)15(19)5-4-13-6-9-16-10-7-13/h2-3,6-11H,4-5,12H2,1H3. The minimum Gasteiger partial charge on any atom is -0.341 e. The van der Waals surface area contributed by atoms with Gasteiger partial charge in [0.25, 0.3) is 0 Å². The number of hydrogen-bond donors (Lipinski definition) is 0. The molecule has 4 nitrogen and oxygen atoms in total. The van der Waals surface area contributed by atoms with Gasteiger partial charge in [0.2, 0.25) is 5.91 Å². The molecule has 0 atom stereocenters. The summed E-state index contributed by atoms with van der Waals surface area (Å²) in [5.41, 5.74) is 2.18. The highest BCUT2D eigenvalue weighted by molar-refractivity contribution is 5.76. The molecule has 0 N–H and O–H groups in total. The van der Waals surface area contributed by atoms with Crippen molar-refractivity contribution in [2.45, 2.75) is 19.4 Å². The van der Waals surface area contributed by atoms with E-state index in [1.807, 2.05) is 31.3 Å². The highest BCUT2D eigenvalue weighted by atomic mass is 16.2. The zero-order valence-corrected chi connectivity index (χ0v) is 11.0. The summed E-state index contributed by atoms with van der Waals surface area (Å²) in [6, 6.07) is 7.73. The van der Waals surface area contributed by atoms with Gasteiger partial charge in [-0.1, -0.05) is 6.07 Å². The molecule has 98 valence electrons. The zero-order valence-electron chi connectivity index (χ0n) is 11.0. The van der Waals surface area contributed by atoms with Crippen molar-refractivity contribution in [1.82, 2.24) is 14.9 Å². The first-order valence-corrected chi connectivity index (χ1v) is 6.27. The van der Waals surface area contributed by atoms with Gasteiger partial charge >= 0.3 is 0 Å². The lowest BCUT2D eigenvalue weighted by molar-refractivity contribution is -0.130. The molecule has 0 saturated carbocycles. The predicted molar refractivity (Wildman–Crippen MR) is 73.3 cm³/mol. The van der Waals surface area contributed by atoms with Gasteiger partial charge < -0.3 is 4.90 Å². The Morgan fingerprint density at radius 1 is 1.11 bits per heavy atom. The van der Waals surface area contributed by atoms with Gasteiger partial charge in [0.05, 0.1) is 0 Å². The molecule has 0 aromatic carbocycles. The van der Waals surface area contributed by atoms with Crippen LogP contribution in [-0.2, 0) is 17.8 Å². The molecular weight excluding hydrogens is 238 g/mol. The molecule has 1 amide bonds. The summed E-state index contributed by atoms with van der Waals surface area (Å²) in [5.74, 6) is 0.140. The number of aromatic nitrogens is 2. The van der Waals surface area contributed by atoms with E-state index in [2.05, 4.69) is 9.97 Å². The topological polar surface area (TPSA) is 46.1 Å². The first-order valence-electron chi connectivity index (χ1n) is 6.27. The van der Waals surface area contributed by atoms with Crippen molar-refractivity contribution in [2.24, 2.45) is 0 Å². The average molecular weight is 255 g/mol. The fourth-order valence-corrected chi connectivity index (χ4v) is 1.85. The third kappa shape index (κ3) is 4.17. The molecule has 0 saturated heterocycles. The van der Waals surface area contributed by atoms with E-state index < -0.39 is 0 Å². The lowest BCUT2D eigenvalue weighted by Gasteiger charge is -2.17. The quantitative estimate of drug-likeness (QED) is 0.821. The minimum atomic E-state index is 0.140. The van der Waals surface area contributed by atoms with Crippen molar-refractivity contribution in [3.63, 3.8) is 0 Å². The van der Waals surface area contributed by atoms with Gasteiger partial charge in [-0.2, -0.15) is 0 Å². The van der Waals surface area contributed by atoms with Crippen molar-refractivity contribution in [3.05, 3.63) is 60.2 Å². The van der Waals surface area contributed by atoms with Gasteiger partial charge in [-0.15, -0.1) is 0 Å². The Kier molecular flexibility index (Phi) is 4.61. The molecule has 2 aromatic rings. The average Bonchev–Trinajstić information content (AvgIpc) is 2.47. The van der Waals surface area contributed by atoms with Crippen LogP contribution in [0.3, 0.4) is 0 Å². The smallest absolute Gasteiger partial charge is 0.222 e. The number of carbonyl (C=O) groups excluding carboxylic acids is 1. The molecule has 0 aliphatic rings. The molecule has 0 fully saturated rings. The highest BCUT2D eigenvalue weighted by Gasteiger charge is 2.09. The Balaban J connectivity index is 1.83. The van der Waals surface area contributed by atoms with E-state index in [1.54, 1.807) is 29.7 Å². The molecule has 0 bridgehead atoms. The molecule has 0 radical (unpaired) electrons. The van der Waals surface area contributed by atoms with E-state index in [1.165, 1.54) is 0 Å². The summed E-state index contributed by atoms with van der Waals surface area (Å²) in [5, 5.41) is 0. The van der Waals surface area contributed by atoms with Crippen LogP contribution in [0.2, 0.25) is 0 Å². The van der Waals surface area contributed by atoms with Crippen molar-refractivity contribution < 1.29 is 4.79 Å². The Morgan fingerprint density at radius 3 is 2.58 bits per heavy atom. The minimum absolute atomic E-state index is 0.140. The number of nitrogens with zero attached hydrogens (tertiary/aromatic N) is 3. The van der Waals surface area contributed by atoms with Crippen LogP contribution in [0, 0.1) is 0 Å². The van der Waals surface area contributed by atoms with Gasteiger partial charge in [0.1, 0.15) is 0 Å². The van der Waals surface area contributed by atoms with Crippen LogP contribution in [0.15, 0.2) is 49.1 Å². The van der Waals surface area contributed by atoms with Crippen molar-refractivity contribution in [2.75, 3.05) is 7.05 Å². The lowest BCUT2D eigenvalue weighted by Crippen LogP contribution is -2.26. The Labute approximate surface area is 113 Å². The zero-order chi connectivity index (χ0) is 13.5. The van der Waals surface area contributed by atoms with E-state index in [4.69, 9.17) is 0 Å². The van der Waals surface area contributed by atoms with Gasteiger partial charge in [0, 0.05) is 44.8 Å². The second-order valence-electron chi connectivity index (χ2n) is 4.47. The molecular formula is C15H17N3O. The van der Waals surface area contributed by atoms with Gasteiger partial charge in [-0.25, -0.2) is 0 Å². The van der Waals surface area contributed by atoms with Crippen LogP contribution in [0.5, 0.6) is 0 Å². The third-order valence-electron chi connectivity index (χ3n) is 2.95. The summed E-state index contributed by atoms with van der Waals surface area (Å²) in [6.45, 7) is 0.600. The molecule has 0 aliphatic carbocycles. The van der Waals surface area contributed by atoms with E-state index in [0.717, 1.165) is 17.5 Å². The number of carbonyl (C=O) groups is 1. The molecule has 2 rings (SSSR count). The maximum Gasteiger partial charge on any atom is 0.222 e. The summed E-state index contributed by atoms with van der Waals surface area (Å²) in [6.07, 6.45) is 8.28. The van der Waals surface area contributed by atoms with Crippen LogP contribution < -0.4 is 0 Å². The summed E-state index contributed by atoms with van der Waals surface area (Å²) in [4.78, 5) is 21.8. The summed E-state index contributed by atoms with van der Waals surface area (Å²) in [7, 11) is 1.82. The number of aryl methyl sites for hydroxylation is 1. The fourth-order valence-electron chi connectivity index (χ4n) is 1.85. The molecule has 0 aliphatic heterocycles. The molecule has 19 heavy (non-hydrogen) atoms. The Morgan fingerprint density at radius 2 is 1.89 bits per heavy atom. The predicted octanol–water partition coefficient (Wildman–Crippen LogP) is 2.07. The fraction of sp³-hybridized carbons (Fsp3) is 0.267. The highest BCUT2D eigenvalue weighted by Crippen LogP contribution is 2.06. The first kappa shape index (κ1) is 13.2. The number of rotatable bonds is 5. The molecule has 0 spiro atoms. The molecule has 2 aromatic heterocycles. The van der Waals surface area contributed by atoms with E-state index in [0.29, 0.717) is 13.0 Å². The second-order valence-corrected chi connectivity index (χ2v) is 4.47. The Hall–Kier alpha value is -2.23. The van der Waals surface area contributed by atoms with Crippen LogP contribution in [-0.4, -0.2) is 27.8 Å². The van der Waals surface area contributed by atoms with Gasteiger partial charge in [-0.05, 0) is 35.7 Å². The van der Waals surface area contributed by atoms with Gasteiger partial charge in [0.15, 0.2) is 0 Å². The van der Waals surface area contributed by atoms with E-state index in [-0.39, 0.29) is 5.91 Å². The summed E-state index contributed by atoms with van der Waals surface area (Å²) < 4.78 is 0. The maximum absolute atomic E-state index is 12.0. The van der Waals surface area contributed by atoms with E-state index in [9.17, 15) is 4.79 Å². The first-order chi connectivity index (χ1) is 9.25. The van der Waals surface area contributed by atoms with E-state index >= 15 is 0 Å². The molecule has 2 heterocycles. The summed E-state index contributed by atoms with van der Waals surface area (Å²) >= 11 is 0. The molecule has 4 heteroatoms. The van der Waals surface area contributed by atoms with Gasteiger partial charge in [-0.3, -0.25) is 14.8 Å². The lowest BCUT2D eigenvalue weighted by atomic mass is 10.1. The second kappa shape index (κ2) is 6.64. The molecule has 0 unspecified atom stereocenters. The van der Waals surface area contributed by atoms with Crippen molar-refractivity contribution in [3.8, 4) is 0 Å². The normalized spacial score (nSPS) is 10.2. The van der Waals surface area contributed by atoms with Crippen LogP contribution in [0.1, 0.15) is 17.5 Å². The van der Waals surface area contributed by atoms with Crippen molar-refractivity contribution in [1.29, 1.82) is 0 Å². The van der Waals surface area contributed by atoms with Crippen LogP contribution in [0.4, 0.5) is 0 Å². The third-order valence-corrected chi connectivity index (χ3v) is 2.95. The Bertz CT molecular complexity index is 513. The number of hydrogen-bond acceptors (Lipinski definition) is 3. The maximum atomic E-state index is 12.0. The van der Waals surface area contributed by atoms with Crippen LogP contribution >= 0.6 is 0 Å². The number of pyridine rings is 2. The van der Waals surface area contributed by atoms with Crippen LogP contribution in [0.25, 0.3) is 0 Å². The largest absolute Gasteiger partial charge is 0.341 e. The SMILES string of the molecule is CN(Cc1cccnc1)C(=O)CCc1ccncc1. The monoisotopic (exact) mass is 255 g/mol.